The summed E-state index contributed by atoms with van der Waals surface area (Å²) in [6.45, 7) is 5.41. The maximum absolute atomic E-state index is 12.9. The summed E-state index contributed by atoms with van der Waals surface area (Å²) in [6, 6.07) is 4.58. The third-order valence-corrected chi connectivity index (χ3v) is 6.00. The second kappa shape index (κ2) is 7.22. The number of carbonyl (C=O) groups is 1. The van der Waals surface area contributed by atoms with Gasteiger partial charge in [-0.1, -0.05) is 13.0 Å². The highest BCUT2D eigenvalue weighted by Gasteiger charge is 2.40. The highest BCUT2D eigenvalue weighted by atomic mass is 32.1. The molecule has 132 valence electrons. The van der Waals surface area contributed by atoms with E-state index < -0.39 is 0 Å². The SMILES string of the molecule is CCc1ccc(CN2C[C@@H]3CC[C@H](C2)N(Cc2cscn2)C3=O)nc1. The van der Waals surface area contributed by atoms with E-state index in [1.165, 1.54) is 5.56 Å². The lowest BCUT2D eigenvalue weighted by atomic mass is 9.94. The summed E-state index contributed by atoms with van der Waals surface area (Å²) in [4.78, 5) is 26.3. The Hall–Kier alpha value is -1.79. The van der Waals surface area contributed by atoms with Gasteiger partial charge in [-0.2, -0.15) is 0 Å². The van der Waals surface area contributed by atoms with Crippen molar-refractivity contribution >= 4 is 17.2 Å². The van der Waals surface area contributed by atoms with Gasteiger partial charge in [0.25, 0.3) is 0 Å². The number of piperidine rings is 1. The first-order chi connectivity index (χ1) is 12.2. The summed E-state index contributed by atoms with van der Waals surface area (Å²) in [7, 11) is 0. The van der Waals surface area contributed by atoms with Crippen molar-refractivity contribution in [3.63, 3.8) is 0 Å². The Balaban J connectivity index is 1.47. The average molecular weight is 356 g/mol. The van der Waals surface area contributed by atoms with Gasteiger partial charge >= 0.3 is 0 Å². The van der Waals surface area contributed by atoms with Crippen molar-refractivity contribution in [3.8, 4) is 0 Å². The summed E-state index contributed by atoms with van der Waals surface area (Å²) >= 11 is 1.59. The monoisotopic (exact) mass is 356 g/mol. The van der Waals surface area contributed by atoms with E-state index in [0.29, 0.717) is 18.5 Å². The lowest BCUT2D eigenvalue weighted by Crippen LogP contribution is -2.47. The van der Waals surface area contributed by atoms with Gasteiger partial charge in [0, 0.05) is 37.3 Å². The number of pyridine rings is 1. The first kappa shape index (κ1) is 16.7. The molecule has 0 aliphatic carbocycles. The van der Waals surface area contributed by atoms with Crippen LogP contribution in [0.15, 0.2) is 29.2 Å². The third kappa shape index (κ3) is 3.60. The van der Waals surface area contributed by atoms with Crippen molar-refractivity contribution in [3.05, 3.63) is 46.2 Å². The molecule has 0 N–H and O–H groups in total. The first-order valence-electron chi connectivity index (χ1n) is 9.06. The maximum Gasteiger partial charge on any atom is 0.227 e. The van der Waals surface area contributed by atoms with E-state index in [0.717, 1.165) is 50.3 Å². The van der Waals surface area contributed by atoms with Gasteiger partial charge in [-0.3, -0.25) is 14.7 Å². The van der Waals surface area contributed by atoms with Crippen molar-refractivity contribution in [1.29, 1.82) is 0 Å². The molecule has 2 bridgehead atoms. The van der Waals surface area contributed by atoms with Crippen molar-refractivity contribution in [2.24, 2.45) is 5.92 Å². The summed E-state index contributed by atoms with van der Waals surface area (Å²) in [6.07, 6.45) is 5.09. The van der Waals surface area contributed by atoms with E-state index >= 15 is 0 Å². The van der Waals surface area contributed by atoms with Crippen LogP contribution in [-0.2, 0) is 24.3 Å². The number of rotatable bonds is 5. The molecule has 2 aromatic heterocycles. The number of fused-ring (bicyclic) bond motifs is 4. The van der Waals surface area contributed by atoms with Gasteiger partial charge in [-0.25, -0.2) is 4.98 Å². The van der Waals surface area contributed by atoms with Crippen LogP contribution in [0.3, 0.4) is 0 Å². The zero-order valence-corrected chi connectivity index (χ0v) is 15.4. The number of carbonyl (C=O) groups excluding carboxylic acids is 1. The van der Waals surface area contributed by atoms with E-state index in [1.807, 2.05) is 17.1 Å². The molecule has 5 nitrogen and oxygen atoms in total. The standard InChI is InChI=1S/C19H24N4OS/c1-2-14-3-5-16(20-7-14)9-22-8-15-4-6-18(11-22)23(19(15)24)10-17-12-25-13-21-17/h3,5,7,12-13,15,18H,2,4,6,8-11H2,1H3/t15-,18+/m0/s1. The molecule has 2 atom stereocenters. The molecule has 0 unspecified atom stereocenters. The summed E-state index contributed by atoms with van der Waals surface area (Å²) in [5.41, 5.74) is 5.21. The van der Waals surface area contributed by atoms with E-state index in [9.17, 15) is 4.79 Å². The molecule has 0 aromatic carbocycles. The van der Waals surface area contributed by atoms with Crippen molar-refractivity contribution < 1.29 is 4.79 Å². The first-order valence-corrected chi connectivity index (χ1v) is 10.0. The fraction of sp³-hybridized carbons (Fsp3) is 0.526. The van der Waals surface area contributed by atoms with Crippen molar-refractivity contribution in [2.75, 3.05) is 13.1 Å². The molecule has 3 aliphatic heterocycles. The zero-order valence-electron chi connectivity index (χ0n) is 14.6. The fourth-order valence-electron chi connectivity index (χ4n) is 3.94. The molecule has 3 aliphatic rings. The molecule has 6 heteroatoms. The molecule has 0 radical (unpaired) electrons. The molecule has 5 rings (SSSR count). The highest BCUT2D eigenvalue weighted by Crippen LogP contribution is 2.31. The molecule has 2 aromatic rings. The zero-order chi connectivity index (χ0) is 17.2. The predicted octanol–water partition coefficient (Wildman–Crippen LogP) is 2.72. The van der Waals surface area contributed by atoms with Crippen LogP contribution in [0, 0.1) is 5.92 Å². The number of aryl methyl sites for hydroxylation is 1. The van der Waals surface area contributed by atoms with Gasteiger partial charge in [0.1, 0.15) is 0 Å². The van der Waals surface area contributed by atoms with Crippen LogP contribution in [0.1, 0.15) is 36.7 Å². The smallest absolute Gasteiger partial charge is 0.227 e. The molecule has 0 saturated carbocycles. The lowest BCUT2D eigenvalue weighted by Gasteiger charge is -2.35. The molecule has 1 amide bonds. The van der Waals surface area contributed by atoms with Crippen LogP contribution >= 0.6 is 11.3 Å². The largest absolute Gasteiger partial charge is 0.332 e. The number of aromatic nitrogens is 2. The number of nitrogens with zero attached hydrogens (tertiary/aromatic N) is 4. The third-order valence-electron chi connectivity index (χ3n) is 5.36. The van der Waals surface area contributed by atoms with Crippen LogP contribution in [0.25, 0.3) is 0 Å². The van der Waals surface area contributed by atoms with Crippen molar-refractivity contribution in [2.45, 2.75) is 45.3 Å². The van der Waals surface area contributed by atoms with Gasteiger partial charge in [0.15, 0.2) is 0 Å². The molecule has 3 saturated heterocycles. The minimum Gasteiger partial charge on any atom is -0.332 e. The molecule has 0 spiro atoms. The van der Waals surface area contributed by atoms with Crippen LogP contribution in [0.4, 0.5) is 0 Å². The Labute approximate surface area is 152 Å². The summed E-state index contributed by atoms with van der Waals surface area (Å²) in [5, 5.41) is 2.04. The second-order valence-corrected chi connectivity index (χ2v) is 7.80. The van der Waals surface area contributed by atoms with E-state index in [2.05, 4.69) is 38.8 Å². The van der Waals surface area contributed by atoms with Crippen LogP contribution in [0.5, 0.6) is 0 Å². The Bertz CT molecular complexity index is 716. The molecule has 3 fully saturated rings. The Morgan fingerprint density at radius 1 is 1.16 bits per heavy atom. The van der Waals surface area contributed by atoms with Crippen LogP contribution < -0.4 is 0 Å². The van der Waals surface area contributed by atoms with Crippen LogP contribution in [-0.4, -0.2) is 44.8 Å². The average Bonchev–Trinajstić information content (AvgIpc) is 3.01. The predicted molar refractivity (Wildman–Crippen MR) is 98.1 cm³/mol. The lowest BCUT2D eigenvalue weighted by molar-refractivity contribution is -0.140. The fourth-order valence-corrected chi connectivity index (χ4v) is 4.49. The highest BCUT2D eigenvalue weighted by molar-refractivity contribution is 7.07. The number of hydrogen-bond acceptors (Lipinski definition) is 5. The number of hydrogen-bond donors (Lipinski definition) is 0. The van der Waals surface area contributed by atoms with Gasteiger partial charge in [0.2, 0.25) is 5.91 Å². The Kier molecular flexibility index (Phi) is 4.81. The van der Waals surface area contributed by atoms with Crippen LogP contribution in [0.2, 0.25) is 0 Å². The molecular formula is C19H24N4OS. The molecular weight excluding hydrogens is 332 g/mol. The van der Waals surface area contributed by atoms with Gasteiger partial charge in [0.05, 0.1) is 29.4 Å². The summed E-state index contributed by atoms with van der Waals surface area (Å²) in [5.74, 6) is 0.424. The minimum absolute atomic E-state index is 0.118. The normalized spacial score (nSPS) is 23.9. The topological polar surface area (TPSA) is 49.3 Å². The van der Waals surface area contributed by atoms with Crippen molar-refractivity contribution in [1.82, 2.24) is 19.8 Å². The second-order valence-electron chi connectivity index (χ2n) is 7.08. The van der Waals surface area contributed by atoms with E-state index in [1.54, 1.807) is 11.3 Å². The minimum atomic E-state index is 0.118. The van der Waals surface area contributed by atoms with E-state index in [4.69, 9.17) is 0 Å². The van der Waals surface area contributed by atoms with Gasteiger partial charge < -0.3 is 4.90 Å². The Morgan fingerprint density at radius 3 is 2.80 bits per heavy atom. The van der Waals surface area contributed by atoms with Gasteiger partial charge in [-0.05, 0) is 30.9 Å². The molecule has 5 heterocycles. The maximum atomic E-state index is 12.9. The summed E-state index contributed by atoms with van der Waals surface area (Å²) < 4.78 is 0. The quantitative estimate of drug-likeness (QED) is 0.826. The Morgan fingerprint density at radius 2 is 2.08 bits per heavy atom. The number of amides is 1. The number of thiazole rings is 1. The van der Waals surface area contributed by atoms with Gasteiger partial charge in [-0.15, -0.1) is 11.3 Å². The molecule has 25 heavy (non-hydrogen) atoms. The van der Waals surface area contributed by atoms with E-state index in [-0.39, 0.29) is 5.92 Å².